The molecule has 0 amide bonds. The number of hydrogen-bond donors (Lipinski definition) is 0. The Morgan fingerprint density at radius 1 is 1.43 bits per heavy atom. The highest BCUT2D eigenvalue weighted by Gasteiger charge is 2.02. The Labute approximate surface area is 85.5 Å². The van der Waals surface area contributed by atoms with Gasteiger partial charge in [-0.25, -0.2) is 9.98 Å². The van der Waals surface area contributed by atoms with E-state index in [1.165, 1.54) is 5.57 Å². The minimum absolute atomic E-state index is 0.432. The molecule has 2 nitrogen and oxygen atoms in total. The topological polar surface area (TPSA) is 24.7 Å². The van der Waals surface area contributed by atoms with Gasteiger partial charge in [-0.3, -0.25) is 0 Å². The van der Waals surface area contributed by atoms with E-state index in [0.717, 1.165) is 5.70 Å². The van der Waals surface area contributed by atoms with Gasteiger partial charge in [-0.1, -0.05) is 31.2 Å². The molecule has 0 heterocycles. The lowest BCUT2D eigenvalue weighted by Gasteiger charge is -2.00. The number of rotatable bonds is 2. The average molecular weight is 188 g/mol. The first-order valence-electron chi connectivity index (χ1n) is 4.81. The molecule has 0 aromatic heterocycles. The second-order valence-electron chi connectivity index (χ2n) is 3.30. The molecule has 0 saturated carbocycles. The van der Waals surface area contributed by atoms with Crippen LogP contribution in [-0.2, 0) is 0 Å². The van der Waals surface area contributed by atoms with Crippen LogP contribution >= 0.6 is 0 Å². The lowest BCUT2D eigenvalue weighted by molar-refractivity contribution is 0.928. The monoisotopic (exact) mass is 188 g/mol. The van der Waals surface area contributed by atoms with Gasteiger partial charge in [-0.05, 0) is 25.3 Å². The Hall–Kier alpha value is -1.44. The molecule has 1 unspecified atom stereocenters. The summed E-state index contributed by atoms with van der Waals surface area (Å²) in [6.07, 6.45) is 11.7. The van der Waals surface area contributed by atoms with Crippen molar-refractivity contribution in [3.05, 3.63) is 35.6 Å². The zero-order valence-electron chi connectivity index (χ0n) is 8.94. The van der Waals surface area contributed by atoms with Crippen molar-refractivity contribution in [2.75, 3.05) is 0 Å². The maximum absolute atomic E-state index is 4.29. The fourth-order valence-electron chi connectivity index (χ4n) is 1.20. The van der Waals surface area contributed by atoms with Gasteiger partial charge in [0.15, 0.2) is 0 Å². The van der Waals surface area contributed by atoms with E-state index in [9.17, 15) is 0 Å². The summed E-state index contributed by atoms with van der Waals surface area (Å²) in [5.41, 5.74) is 2.18. The van der Waals surface area contributed by atoms with E-state index in [4.69, 9.17) is 0 Å². The van der Waals surface area contributed by atoms with Crippen LogP contribution in [0.25, 0.3) is 0 Å². The Bertz CT molecular complexity index is 330. The highest BCUT2D eigenvalue weighted by molar-refractivity contribution is 5.71. The Balaban J connectivity index is 2.85. The lowest BCUT2D eigenvalue weighted by atomic mass is 10.1. The summed E-state index contributed by atoms with van der Waals surface area (Å²) in [5.74, 6) is 0.432. The number of aliphatic imine (C=N–C) groups is 2. The molecular weight excluding hydrogens is 172 g/mol. The van der Waals surface area contributed by atoms with Crippen LogP contribution in [-0.4, -0.2) is 12.6 Å². The van der Waals surface area contributed by atoms with E-state index >= 15 is 0 Å². The number of hydrogen-bond acceptors (Lipinski definition) is 1. The van der Waals surface area contributed by atoms with E-state index in [-0.39, 0.29) is 0 Å². The van der Waals surface area contributed by atoms with Gasteiger partial charge in [0.1, 0.15) is 6.34 Å². The normalized spacial score (nSPS) is 22.6. The molecule has 0 radical (unpaired) electrons. The average Bonchev–Trinajstić information content (AvgIpc) is 2.30. The zero-order valence-corrected chi connectivity index (χ0v) is 8.94. The van der Waals surface area contributed by atoms with Crippen molar-refractivity contribution < 1.29 is 0 Å². The van der Waals surface area contributed by atoms with Crippen molar-refractivity contribution in [2.45, 2.75) is 20.8 Å². The second-order valence-corrected chi connectivity index (χ2v) is 3.30. The molecule has 1 atom stereocenters. The SMILES string of the molecule is C/C=N/C=N\C1=CC(C)C=CC=C1C. The summed E-state index contributed by atoms with van der Waals surface area (Å²) >= 11 is 0. The molecule has 0 bridgehead atoms. The van der Waals surface area contributed by atoms with Gasteiger partial charge in [-0.15, -0.1) is 0 Å². The summed E-state index contributed by atoms with van der Waals surface area (Å²) in [5, 5.41) is 0. The molecule has 0 aromatic rings. The molecule has 0 N–H and O–H groups in total. The zero-order chi connectivity index (χ0) is 10.4. The van der Waals surface area contributed by atoms with E-state index < -0.39 is 0 Å². The molecule has 0 saturated heterocycles. The van der Waals surface area contributed by atoms with Crippen molar-refractivity contribution >= 4 is 12.6 Å². The molecule has 0 aliphatic heterocycles. The predicted octanol–water partition coefficient (Wildman–Crippen LogP) is 3.14. The lowest BCUT2D eigenvalue weighted by Crippen LogP contribution is -1.86. The van der Waals surface area contributed by atoms with E-state index in [1.54, 1.807) is 12.6 Å². The Morgan fingerprint density at radius 3 is 2.93 bits per heavy atom. The summed E-state index contributed by atoms with van der Waals surface area (Å²) in [6.45, 7) is 6.07. The Kier molecular flexibility index (Phi) is 4.05. The van der Waals surface area contributed by atoms with Crippen LogP contribution in [0.3, 0.4) is 0 Å². The van der Waals surface area contributed by atoms with E-state index in [1.807, 2.05) is 6.92 Å². The standard InChI is InChI=1S/C12H16N2/c1-4-13-9-14-12-8-10(2)6-5-7-11(12)3/h4-10H,1-3H3/b13-4+,14-9-. The molecule has 1 aliphatic carbocycles. The number of allylic oxidation sites excluding steroid dienone is 5. The third-order valence-electron chi connectivity index (χ3n) is 2.00. The molecule has 14 heavy (non-hydrogen) atoms. The predicted molar refractivity (Wildman–Crippen MR) is 62.8 cm³/mol. The van der Waals surface area contributed by atoms with Crippen molar-refractivity contribution in [1.82, 2.24) is 0 Å². The second kappa shape index (κ2) is 5.32. The molecule has 1 rings (SSSR count). The highest BCUT2D eigenvalue weighted by atomic mass is 14.9. The van der Waals surface area contributed by atoms with Gasteiger partial charge in [0.2, 0.25) is 0 Å². The van der Waals surface area contributed by atoms with Gasteiger partial charge in [0.25, 0.3) is 0 Å². The summed E-state index contributed by atoms with van der Waals surface area (Å²) < 4.78 is 0. The van der Waals surface area contributed by atoms with Crippen LogP contribution in [0.4, 0.5) is 0 Å². The van der Waals surface area contributed by atoms with Crippen LogP contribution in [0, 0.1) is 5.92 Å². The summed E-state index contributed by atoms with van der Waals surface area (Å²) in [4.78, 5) is 8.25. The van der Waals surface area contributed by atoms with E-state index in [0.29, 0.717) is 5.92 Å². The smallest absolute Gasteiger partial charge is 0.115 e. The molecular formula is C12H16N2. The summed E-state index contributed by atoms with van der Waals surface area (Å²) in [6, 6.07) is 0. The van der Waals surface area contributed by atoms with Crippen LogP contribution < -0.4 is 0 Å². The molecule has 0 aromatic carbocycles. The third-order valence-corrected chi connectivity index (χ3v) is 2.00. The number of nitrogens with zero attached hydrogens (tertiary/aromatic N) is 2. The molecule has 0 fully saturated rings. The van der Waals surface area contributed by atoms with Crippen molar-refractivity contribution in [1.29, 1.82) is 0 Å². The van der Waals surface area contributed by atoms with Gasteiger partial charge in [0.05, 0.1) is 5.70 Å². The largest absolute Gasteiger partial charge is 0.250 e. The Morgan fingerprint density at radius 2 is 2.21 bits per heavy atom. The first-order chi connectivity index (χ1) is 6.74. The van der Waals surface area contributed by atoms with Crippen LogP contribution in [0.5, 0.6) is 0 Å². The first kappa shape index (κ1) is 10.6. The van der Waals surface area contributed by atoms with Crippen LogP contribution in [0.15, 0.2) is 45.6 Å². The van der Waals surface area contributed by atoms with Crippen molar-refractivity contribution in [2.24, 2.45) is 15.9 Å². The maximum Gasteiger partial charge on any atom is 0.115 e. The highest BCUT2D eigenvalue weighted by Crippen LogP contribution is 2.17. The quantitative estimate of drug-likeness (QED) is 0.470. The van der Waals surface area contributed by atoms with Gasteiger partial charge < -0.3 is 0 Å². The molecule has 0 spiro atoms. The molecule has 74 valence electrons. The van der Waals surface area contributed by atoms with Gasteiger partial charge in [-0.2, -0.15) is 0 Å². The summed E-state index contributed by atoms with van der Waals surface area (Å²) in [7, 11) is 0. The maximum atomic E-state index is 4.29. The fourth-order valence-corrected chi connectivity index (χ4v) is 1.20. The van der Waals surface area contributed by atoms with Crippen LogP contribution in [0.2, 0.25) is 0 Å². The molecule has 1 aliphatic rings. The third kappa shape index (κ3) is 3.13. The minimum Gasteiger partial charge on any atom is -0.250 e. The minimum atomic E-state index is 0.432. The van der Waals surface area contributed by atoms with Crippen molar-refractivity contribution in [3.63, 3.8) is 0 Å². The molecule has 2 heteroatoms. The van der Waals surface area contributed by atoms with Crippen molar-refractivity contribution in [3.8, 4) is 0 Å². The first-order valence-corrected chi connectivity index (χ1v) is 4.81. The van der Waals surface area contributed by atoms with Crippen LogP contribution in [0.1, 0.15) is 20.8 Å². The van der Waals surface area contributed by atoms with Gasteiger partial charge in [0, 0.05) is 6.21 Å². The van der Waals surface area contributed by atoms with Gasteiger partial charge >= 0.3 is 0 Å². The van der Waals surface area contributed by atoms with E-state index in [2.05, 4.69) is 48.1 Å². The fraction of sp³-hybridized carbons (Fsp3) is 0.333.